The maximum absolute atomic E-state index is 15.7. The van der Waals surface area contributed by atoms with Crippen molar-refractivity contribution in [2.45, 2.75) is 19.3 Å². The molecule has 0 amide bonds. The van der Waals surface area contributed by atoms with E-state index in [2.05, 4.69) is 14.4 Å². The number of anilines is 1. The van der Waals surface area contributed by atoms with Gasteiger partial charge in [-0.15, -0.1) is 0 Å². The molecule has 0 aliphatic carbocycles. The predicted molar refractivity (Wildman–Crippen MR) is 117 cm³/mol. The van der Waals surface area contributed by atoms with Crippen molar-refractivity contribution in [2.75, 3.05) is 25.1 Å². The van der Waals surface area contributed by atoms with Crippen molar-refractivity contribution < 1.29 is 9.13 Å². The Morgan fingerprint density at radius 1 is 1.14 bits per heavy atom. The molecule has 8 heteroatoms. The van der Waals surface area contributed by atoms with Gasteiger partial charge in [0.1, 0.15) is 21.8 Å². The summed E-state index contributed by atoms with van der Waals surface area (Å²) in [7, 11) is 3.43. The lowest BCUT2D eigenvalue weighted by Crippen LogP contribution is -2.28. The Morgan fingerprint density at radius 3 is 2.69 bits per heavy atom. The summed E-state index contributed by atoms with van der Waals surface area (Å²) in [5, 5.41) is 7.52. The van der Waals surface area contributed by atoms with Crippen molar-refractivity contribution in [3.63, 3.8) is 0 Å². The van der Waals surface area contributed by atoms with Gasteiger partial charge in [-0.1, -0.05) is 11.6 Å². The second-order valence-corrected chi connectivity index (χ2v) is 8.55. The average molecular weight is 431 g/mol. The number of nitrogens with zero attached hydrogens (tertiary/aromatic N) is 4. The van der Waals surface area contributed by atoms with Gasteiger partial charge in [-0.25, -0.2) is 4.39 Å². The summed E-state index contributed by atoms with van der Waals surface area (Å²) in [6, 6.07) is 5.51. The monoisotopic (exact) mass is 430 g/mol. The minimum atomic E-state index is -0.410. The van der Waals surface area contributed by atoms with Crippen LogP contribution in [0, 0.1) is 5.82 Å². The average Bonchev–Trinajstić information content (AvgIpc) is 3.31. The maximum atomic E-state index is 15.7. The van der Waals surface area contributed by atoms with Gasteiger partial charge in [0.25, 0.3) is 0 Å². The normalized spacial score (nSPS) is 14.8. The molecule has 1 aliphatic rings. The second-order valence-electron chi connectivity index (χ2n) is 7.39. The van der Waals surface area contributed by atoms with Gasteiger partial charge in [0.2, 0.25) is 0 Å². The molecular formula is C21H20ClFN4OS. The van der Waals surface area contributed by atoms with Crippen molar-refractivity contribution in [1.82, 2.24) is 14.2 Å². The first kappa shape index (κ1) is 18.6. The van der Waals surface area contributed by atoms with Gasteiger partial charge in [0.15, 0.2) is 5.82 Å². The fourth-order valence-corrected chi connectivity index (χ4v) is 5.31. The Balaban J connectivity index is 1.73. The van der Waals surface area contributed by atoms with E-state index in [0.29, 0.717) is 32.9 Å². The molecule has 150 valence electrons. The first-order chi connectivity index (χ1) is 14.1. The minimum absolute atomic E-state index is 0.317. The number of ether oxygens (including phenoxy) is 1. The molecule has 5 rings (SSSR count). The van der Waals surface area contributed by atoms with E-state index >= 15 is 4.39 Å². The van der Waals surface area contributed by atoms with E-state index in [1.54, 1.807) is 17.9 Å². The molecule has 0 N–H and O–H groups in total. The summed E-state index contributed by atoms with van der Waals surface area (Å²) in [5.41, 5.74) is 1.97. The highest BCUT2D eigenvalue weighted by molar-refractivity contribution is 7.11. The molecule has 0 spiro atoms. The second kappa shape index (κ2) is 7.15. The van der Waals surface area contributed by atoms with Crippen LogP contribution in [0.3, 0.4) is 0 Å². The van der Waals surface area contributed by atoms with Crippen molar-refractivity contribution in [3.05, 3.63) is 35.2 Å². The summed E-state index contributed by atoms with van der Waals surface area (Å²) >= 11 is 8.00. The molecule has 0 radical (unpaired) electrons. The molecule has 1 aliphatic heterocycles. The summed E-state index contributed by atoms with van der Waals surface area (Å²) in [6.07, 6.45) is 5.41. The maximum Gasteiger partial charge on any atom is 0.159 e. The van der Waals surface area contributed by atoms with Gasteiger partial charge in [-0.2, -0.15) is 9.47 Å². The van der Waals surface area contributed by atoms with E-state index in [1.165, 1.54) is 18.0 Å². The fraction of sp³-hybridized carbons (Fsp3) is 0.333. The van der Waals surface area contributed by atoms with Crippen LogP contribution in [0.2, 0.25) is 5.02 Å². The van der Waals surface area contributed by atoms with Gasteiger partial charge >= 0.3 is 0 Å². The summed E-state index contributed by atoms with van der Waals surface area (Å²) in [4.78, 5) is 2.29. The van der Waals surface area contributed by atoms with Crippen LogP contribution in [-0.4, -0.2) is 34.4 Å². The summed E-state index contributed by atoms with van der Waals surface area (Å²) in [6.45, 7) is 1.95. The van der Waals surface area contributed by atoms with Crippen molar-refractivity contribution in [1.29, 1.82) is 0 Å². The molecule has 0 unspecified atom stereocenters. The molecule has 2 aromatic heterocycles. The lowest BCUT2D eigenvalue weighted by atomic mass is 10.00. The number of piperidine rings is 1. The molecule has 4 aromatic rings. The lowest BCUT2D eigenvalue weighted by Gasteiger charge is -2.27. The molecule has 1 saturated heterocycles. The zero-order valence-corrected chi connectivity index (χ0v) is 17.8. The number of rotatable bonds is 3. The number of hydrogen-bond acceptors (Lipinski definition) is 5. The Kier molecular flexibility index (Phi) is 4.59. The lowest BCUT2D eigenvalue weighted by molar-refractivity contribution is 0.415. The summed E-state index contributed by atoms with van der Waals surface area (Å²) in [5.74, 6) is 0.218. The van der Waals surface area contributed by atoms with Crippen LogP contribution in [0.5, 0.6) is 5.75 Å². The highest BCUT2D eigenvalue weighted by Crippen LogP contribution is 2.43. The van der Waals surface area contributed by atoms with Crippen LogP contribution in [0.15, 0.2) is 24.4 Å². The Bertz CT molecular complexity index is 1230. The number of aromatic nitrogens is 3. The molecule has 5 nitrogen and oxygen atoms in total. The van der Waals surface area contributed by atoms with Gasteiger partial charge in [-0.3, -0.25) is 4.68 Å². The number of aryl methyl sites for hydroxylation is 1. The van der Waals surface area contributed by atoms with Crippen LogP contribution >= 0.6 is 23.1 Å². The standard InChI is InChI=1S/C21H20ClFN4OS/c1-26-11-12-8-13(28-2)9-14(19(12)24-26)17-16(22)10-15-20(18(17)23)25-29-21(15)27-6-4-3-5-7-27/h8-11H,3-7H2,1-2H3. The molecule has 0 bridgehead atoms. The number of fused-ring (bicyclic) bond motifs is 2. The predicted octanol–water partition coefficient (Wildman–Crippen LogP) is 5.64. The van der Waals surface area contributed by atoms with Crippen LogP contribution < -0.4 is 9.64 Å². The third-order valence-electron chi connectivity index (χ3n) is 5.49. The third kappa shape index (κ3) is 3.04. The Morgan fingerprint density at radius 2 is 1.93 bits per heavy atom. The first-order valence-electron chi connectivity index (χ1n) is 9.61. The number of halogens is 2. The van der Waals surface area contributed by atoms with Crippen LogP contribution in [0.25, 0.3) is 32.9 Å². The number of hydrogen-bond donors (Lipinski definition) is 0. The first-order valence-corrected chi connectivity index (χ1v) is 10.8. The Hall–Kier alpha value is -2.38. The van der Waals surface area contributed by atoms with E-state index in [-0.39, 0.29) is 0 Å². The quantitative estimate of drug-likeness (QED) is 0.421. The molecule has 29 heavy (non-hydrogen) atoms. The Labute approximate surface area is 176 Å². The zero-order valence-electron chi connectivity index (χ0n) is 16.2. The third-order valence-corrected chi connectivity index (χ3v) is 6.71. The van der Waals surface area contributed by atoms with E-state index in [4.69, 9.17) is 16.3 Å². The molecular weight excluding hydrogens is 411 g/mol. The van der Waals surface area contributed by atoms with Crippen LogP contribution in [-0.2, 0) is 7.05 Å². The minimum Gasteiger partial charge on any atom is -0.497 e. The van der Waals surface area contributed by atoms with E-state index < -0.39 is 5.82 Å². The number of methoxy groups -OCH3 is 1. The van der Waals surface area contributed by atoms with Gasteiger partial charge < -0.3 is 9.64 Å². The fourth-order valence-electron chi connectivity index (χ4n) is 4.11. The molecule has 2 aromatic carbocycles. The SMILES string of the molecule is COc1cc(-c2c(Cl)cc3c(N4CCCCC4)snc3c2F)c2nn(C)cc2c1. The van der Waals surface area contributed by atoms with Gasteiger partial charge in [0.05, 0.1) is 12.1 Å². The van der Waals surface area contributed by atoms with E-state index in [1.807, 2.05) is 25.4 Å². The molecule has 1 fully saturated rings. The van der Waals surface area contributed by atoms with Crippen molar-refractivity contribution in [3.8, 4) is 16.9 Å². The van der Waals surface area contributed by atoms with Crippen LogP contribution in [0.1, 0.15) is 19.3 Å². The van der Waals surface area contributed by atoms with E-state index in [0.717, 1.165) is 41.7 Å². The smallest absolute Gasteiger partial charge is 0.159 e. The molecule has 0 atom stereocenters. The topological polar surface area (TPSA) is 43.2 Å². The molecule has 0 saturated carbocycles. The zero-order chi connectivity index (χ0) is 20.1. The van der Waals surface area contributed by atoms with Gasteiger partial charge in [-0.05, 0) is 49.0 Å². The molecule has 3 heterocycles. The van der Waals surface area contributed by atoms with Crippen LogP contribution in [0.4, 0.5) is 9.39 Å². The van der Waals surface area contributed by atoms with Crippen molar-refractivity contribution >= 4 is 49.9 Å². The van der Waals surface area contributed by atoms with E-state index in [9.17, 15) is 0 Å². The van der Waals surface area contributed by atoms with Gasteiger partial charge in [0, 0.05) is 48.2 Å². The number of benzene rings is 2. The van der Waals surface area contributed by atoms with Crippen molar-refractivity contribution in [2.24, 2.45) is 7.05 Å². The summed E-state index contributed by atoms with van der Waals surface area (Å²) < 4.78 is 27.3. The highest BCUT2D eigenvalue weighted by Gasteiger charge is 2.24. The highest BCUT2D eigenvalue weighted by atomic mass is 35.5. The largest absolute Gasteiger partial charge is 0.497 e.